The van der Waals surface area contributed by atoms with Crippen LogP contribution in [-0.2, 0) is 15.0 Å². The second-order valence-corrected chi connectivity index (χ2v) is 8.68. The van der Waals surface area contributed by atoms with Gasteiger partial charge in [-0.05, 0) is 41.8 Å². The van der Waals surface area contributed by atoms with Crippen molar-refractivity contribution in [2.45, 2.75) is 37.1 Å². The van der Waals surface area contributed by atoms with Crippen molar-refractivity contribution in [2.75, 3.05) is 5.32 Å². The van der Waals surface area contributed by atoms with Crippen LogP contribution in [0, 0.1) is 0 Å². The number of rotatable bonds is 3. The molecule has 1 saturated heterocycles. The van der Waals surface area contributed by atoms with Gasteiger partial charge in [-0.3, -0.25) is 9.59 Å². The number of carbonyl (C=O) groups is 2. The Morgan fingerprint density at radius 2 is 1.86 bits per heavy atom. The number of nitrogens with one attached hydrogen (secondary N) is 1. The summed E-state index contributed by atoms with van der Waals surface area (Å²) in [4.78, 5) is 26.5. The third-order valence-electron chi connectivity index (χ3n) is 5.95. The second-order valence-electron chi connectivity index (χ2n) is 7.45. The van der Waals surface area contributed by atoms with Crippen LogP contribution in [0.2, 0.25) is 10.0 Å². The van der Waals surface area contributed by atoms with Gasteiger partial charge in [0.15, 0.2) is 0 Å². The first kappa shape index (κ1) is 20.3. The van der Waals surface area contributed by atoms with Crippen LogP contribution in [0.25, 0.3) is 0 Å². The molecule has 0 saturated carbocycles. The Balaban J connectivity index is 2.05. The van der Waals surface area contributed by atoms with Crippen LogP contribution < -0.4 is 5.32 Å². The first-order valence-corrected chi connectivity index (χ1v) is 10.4. The van der Waals surface area contributed by atoms with E-state index in [1.807, 2.05) is 31.2 Å². The lowest BCUT2D eigenvalue weighted by Crippen LogP contribution is -2.61. The molecule has 3 atom stereocenters. The Kier molecular flexibility index (Phi) is 5.14. The molecule has 2 aromatic carbocycles. The molecule has 2 heterocycles. The van der Waals surface area contributed by atoms with Crippen molar-refractivity contribution < 1.29 is 9.59 Å². The average molecular weight is 450 g/mol. The van der Waals surface area contributed by atoms with Gasteiger partial charge in [0.1, 0.15) is 5.41 Å². The van der Waals surface area contributed by atoms with Gasteiger partial charge >= 0.3 is 0 Å². The standard InChI is InChI=1S/C22H19Cl3N2O2/c1-3-12(2)20-22(16-6-4-5-7-18(16)26-21(22)29)17(11-19(28)27(20)25)13-8-14(23)10-15(24)9-13/h4-10,17,20H,2-3,11H2,1H3,(H,26,29). The molecule has 4 rings (SSSR count). The fraction of sp³-hybridized carbons (Fsp3) is 0.273. The minimum absolute atomic E-state index is 0.0510. The number of carbonyl (C=O) groups excluding carboxylic acids is 2. The molecule has 2 amide bonds. The summed E-state index contributed by atoms with van der Waals surface area (Å²) >= 11 is 19.1. The van der Waals surface area contributed by atoms with Crippen LogP contribution >= 0.6 is 35.0 Å². The van der Waals surface area contributed by atoms with E-state index in [9.17, 15) is 9.59 Å². The van der Waals surface area contributed by atoms with Crippen LogP contribution in [-0.4, -0.2) is 22.3 Å². The summed E-state index contributed by atoms with van der Waals surface area (Å²) in [7, 11) is 0. The van der Waals surface area contributed by atoms with E-state index in [4.69, 9.17) is 35.0 Å². The zero-order chi connectivity index (χ0) is 20.9. The van der Waals surface area contributed by atoms with E-state index in [1.165, 1.54) is 0 Å². The van der Waals surface area contributed by atoms with E-state index in [-0.39, 0.29) is 18.2 Å². The van der Waals surface area contributed by atoms with Crippen LogP contribution in [0.1, 0.15) is 36.8 Å². The number of anilines is 1. The molecule has 1 fully saturated rings. The van der Waals surface area contributed by atoms with Gasteiger partial charge < -0.3 is 5.32 Å². The summed E-state index contributed by atoms with van der Waals surface area (Å²) in [6, 6.07) is 11.9. The number of halogens is 3. The summed E-state index contributed by atoms with van der Waals surface area (Å²) in [5.74, 6) is -0.981. The van der Waals surface area contributed by atoms with Gasteiger partial charge in [-0.2, -0.15) is 0 Å². The molecule has 1 N–H and O–H groups in total. The molecule has 0 aliphatic carbocycles. The first-order chi connectivity index (χ1) is 13.8. The fourth-order valence-electron chi connectivity index (χ4n) is 4.69. The molecule has 1 spiro atoms. The van der Waals surface area contributed by atoms with Crippen molar-refractivity contribution in [3.8, 4) is 0 Å². The van der Waals surface area contributed by atoms with Crippen LogP contribution in [0.5, 0.6) is 0 Å². The van der Waals surface area contributed by atoms with E-state index in [0.29, 0.717) is 27.7 Å². The third kappa shape index (κ3) is 2.97. The van der Waals surface area contributed by atoms with Crippen molar-refractivity contribution in [2.24, 2.45) is 0 Å². The Hall–Kier alpha value is -2.01. The van der Waals surface area contributed by atoms with E-state index >= 15 is 0 Å². The van der Waals surface area contributed by atoms with E-state index < -0.39 is 17.4 Å². The maximum Gasteiger partial charge on any atom is 0.238 e. The molecule has 4 nitrogen and oxygen atoms in total. The van der Waals surface area contributed by atoms with Gasteiger partial charge in [0.05, 0.1) is 6.04 Å². The summed E-state index contributed by atoms with van der Waals surface area (Å²) < 4.78 is 1.15. The number of piperidine rings is 1. The SMILES string of the molecule is C=C(CC)C1N(Cl)C(=O)CC(c2cc(Cl)cc(Cl)c2)C12C(=O)Nc1ccccc12. The van der Waals surface area contributed by atoms with Crippen molar-refractivity contribution in [1.82, 2.24) is 4.42 Å². The van der Waals surface area contributed by atoms with Crippen molar-refractivity contribution in [3.63, 3.8) is 0 Å². The molecule has 3 unspecified atom stereocenters. The van der Waals surface area contributed by atoms with Crippen molar-refractivity contribution in [3.05, 3.63) is 75.8 Å². The largest absolute Gasteiger partial charge is 0.325 e. The molecule has 0 aromatic heterocycles. The predicted molar refractivity (Wildman–Crippen MR) is 116 cm³/mol. The number of hydrogen-bond acceptors (Lipinski definition) is 2. The van der Waals surface area contributed by atoms with Crippen molar-refractivity contribution in [1.29, 1.82) is 0 Å². The molecule has 2 aliphatic rings. The maximum atomic E-state index is 13.6. The summed E-state index contributed by atoms with van der Waals surface area (Å²) in [6.07, 6.45) is 0.622. The predicted octanol–water partition coefficient (Wildman–Crippen LogP) is 5.69. The number of nitrogens with zero attached hydrogens (tertiary/aromatic N) is 1. The highest BCUT2D eigenvalue weighted by Crippen LogP contribution is 2.57. The summed E-state index contributed by atoms with van der Waals surface area (Å²) in [6.45, 7) is 6.10. The highest BCUT2D eigenvalue weighted by atomic mass is 35.5. The van der Waals surface area contributed by atoms with Crippen LogP contribution in [0.3, 0.4) is 0 Å². The zero-order valence-electron chi connectivity index (χ0n) is 15.7. The lowest BCUT2D eigenvalue weighted by Gasteiger charge is -2.49. The molecule has 150 valence electrons. The third-order valence-corrected chi connectivity index (χ3v) is 6.77. The summed E-state index contributed by atoms with van der Waals surface area (Å²) in [5.41, 5.74) is 1.81. The quantitative estimate of drug-likeness (QED) is 0.483. The Morgan fingerprint density at radius 3 is 2.52 bits per heavy atom. The van der Waals surface area contributed by atoms with E-state index in [2.05, 4.69) is 11.9 Å². The normalized spacial score (nSPS) is 25.9. The van der Waals surface area contributed by atoms with Crippen molar-refractivity contribution >= 4 is 52.5 Å². The lowest BCUT2D eigenvalue weighted by atomic mass is 9.59. The molecular formula is C22H19Cl3N2O2. The number of hydrogen-bond donors (Lipinski definition) is 1. The number of benzene rings is 2. The molecule has 0 radical (unpaired) electrons. The smallest absolute Gasteiger partial charge is 0.238 e. The molecule has 0 bridgehead atoms. The number of fused-ring (bicyclic) bond motifs is 2. The van der Waals surface area contributed by atoms with Gasteiger partial charge in [-0.1, -0.05) is 60.5 Å². The maximum absolute atomic E-state index is 13.6. The van der Waals surface area contributed by atoms with E-state index in [1.54, 1.807) is 18.2 Å². The van der Waals surface area contributed by atoms with Gasteiger partial charge in [-0.25, -0.2) is 4.42 Å². The van der Waals surface area contributed by atoms with Crippen LogP contribution in [0.4, 0.5) is 5.69 Å². The van der Waals surface area contributed by atoms with Gasteiger partial charge in [0.2, 0.25) is 11.8 Å². The minimum Gasteiger partial charge on any atom is -0.325 e. The minimum atomic E-state index is -1.13. The molecule has 29 heavy (non-hydrogen) atoms. The lowest BCUT2D eigenvalue weighted by molar-refractivity contribution is -0.137. The van der Waals surface area contributed by atoms with Gasteiger partial charge in [0, 0.05) is 39.8 Å². The molecule has 2 aromatic rings. The first-order valence-electron chi connectivity index (χ1n) is 9.33. The monoisotopic (exact) mass is 448 g/mol. The van der Waals surface area contributed by atoms with E-state index in [0.717, 1.165) is 15.5 Å². The zero-order valence-corrected chi connectivity index (χ0v) is 18.0. The summed E-state index contributed by atoms with van der Waals surface area (Å²) in [5, 5.41) is 3.88. The number of para-hydroxylation sites is 1. The van der Waals surface area contributed by atoms with Crippen LogP contribution in [0.15, 0.2) is 54.6 Å². The van der Waals surface area contributed by atoms with Gasteiger partial charge in [0.25, 0.3) is 0 Å². The Morgan fingerprint density at radius 1 is 1.21 bits per heavy atom. The molecule has 7 heteroatoms. The highest BCUT2D eigenvalue weighted by molar-refractivity contribution is 6.34. The Bertz CT molecular complexity index is 1020. The van der Waals surface area contributed by atoms with Gasteiger partial charge in [-0.15, -0.1) is 0 Å². The topological polar surface area (TPSA) is 49.4 Å². The number of amides is 2. The molecule has 2 aliphatic heterocycles. The second kappa shape index (κ2) is 7.35. The molecular weight excluding hydrogens is 431 g/mol. The highest BCUT2D eigenvalue weighted by Gasteiger charge is 2.63. The fourth-order valence-corrected chi connectivity index (χ4v) is 5.59. The Labute approximate surface area is 184 Å². The average Bonchev–Trinajstić information content (AvgIpc) is 2.96.